The average Bonchev–Trinajstić information content (AvgIpc) is 2.98. The van der Waals surface area contributed by atoms with Gasteiger partial charge in [0.05, 0.1) is 0 Å². The lowest BCUT2D eigenvalue weighted by Gasteiger charge is -2.24. The molecule has 2 fully saturated rings. The Morgan fingerprint density at radius 1 is 1.42 bits per heavy atom. The normalized spacial score (nSPS) is 24.7. The number of amides is 2. The van der Waals surface area contributed by atoms with Gasteiger partial charge in [-0.05, 0) is 31.4 Å². The highest BCUT2D eigenvalue weighted by Gasteiger charge is 2.29. The predicted octanol–water partition coefficient (Wildman–Crippen LogP) is 1.84. The van der Waals surface area contributed by atoms with Gasteiger partial charge >= 0.3 is 0 Å². The van der Waals surface area contributed by atoms with Crippen LogP contribution in [0.4, 0.5) is 4.39 Å². The van der Waals surface area contributed by atoms with Gasteiger partial charge in [-0.3, -0.25) is 14.5 Å². The molecule has 0 spiro atoms. The number of halogens is 2. The first kappa shape index (κ1) is 17.2. The fraction of sp³-hybridized carbons (Fsp3) is 0.529. The van der Waals surface area contributed by atoms with Crippen molar-refractivity contribution in [3.8, 4) is 0 Å². The van der Waals surface area contributed by atoms with E-state index in [9.17, 15) is 14.0 Å². The van der Waals surface area contributed by atoms with Crippen LogP contribution >= 0.6 is 11.6 Å². The van der Waals surface area contributed by atoms with E-state index in [1.165, 1.54) is 6.07 Å². The molecular formula is C17H21ClFN3O2. The maximum Gasteiger partial charge on any atom is 0.242 e. The van der Waals surface area contributed by atoms with Crippen molar-refractivity contribution < 1.29 is 14.0 Å². The maximum atomic E-state index is 13.9. The first-order valence-electron chi connectivity index (χ1n) is 8.28. The van der Waals surface area contributed by atoms with Gasteiger partial charge in [0.25, 0.3) is 0 Å². The summed E-state index contributed by atoms with van der Waals surface area (Å²) in [7, 11) is 0. The number of nitrogens with one attached hydrogen (secondary N) is 2. The summed E-state index contributed by atoms with van der Waals surface area (Å²) in [6.45, 7) is 1.85. The van der Waals surface area contributed by atoms with Gasteiger partial charge in [0.2, 0.25) is 11.8 Å². The van der Waals surface area contributed by atoms with Crippen LogP contribution in [0.3, 0.4) is 0 Å². The Morgan fingerprint density at radius 3 is 3.00 bits per heavy atom. The Bertz CT molecular complexity index is 620. The number of hydrogen-bond acceptors (Lipinski definition) is 3. The van der Waals surface area contributed by atoms with Crippen molar-refractivity contribution in [1.29, 1.82) is 0 Å². The van der Waals surface area contributed by atoms with Crippen LogP contribution in [0.2, 0.25) is 5.02 Å². The van der Waals surface area contributed by atoms with Crippen LogP contribution in [0.1, 0.15) is 31.2 Å². The number of likely N-dealkylation sites (tertiary alicyclic amines) is 1. The van der Waals surface area contributed by atoms with E-state index in [4.69, 9.17) is 11.6 Å². The number of hydrogen-bond donors (Lipinski definition) is 2. The number of nitrogens with zero attached hydrogens (tertiary/aromatic N) is 1. The molecule has 24 heavy (non-hydrogen) atoms. The third-order valence-corrected chi connectivity index (χ3v) is 4.96. The average molecular weight is 354 g/mol. The Hall–Kier alpha value is -1.66. The van der Waals surface area contributed by atoms with Gasteiger partial charge in [-0.1, -0.05) is 17.7 Å². The van der Waals surface area contributed by atoms with E-state index in [-0.39, 0.29) is 23.7 Å². The smallest absolute Gasteiger partial charge is 0.242 e. The largest absolute Gasteiger partial charge is 0.350 e. The van der Waals surface area contributed by atoms with E-state index >= 15 is 0 Å². The highest BCUT2D eigenvalue weighted by molar-refractivity contribution is 6.31. The van der Waals surface area contributed by atoms with E-state index in [0.29, 0.717) is 36.5 Å². The van der Waals surface area contributed by atoms with Crippen molar-refractivity contribution in [3.05, 3.63) is 34.6 Å². The third kappa shape index (κ3) is 4.05. The molecule has 0 aromatic heterocycles. The molecule has 0 bridgehead atoms. The minimum atomic E-state index is -0.429. The lowest BCUT2D eigenvalue weighted by Crippen LogP contribution is -2.51. The van der Waals surface area contributed by atoms with Gasteiger partial charge in [-0.25, -0.2) is 4.39 Å². The van der Waals surface area contributed by atoms with E-state index in [0.717, 1.165) is 19.4 Å². The topological polar surface area (TPSA) is 61.4 Å². The van der Waals surface area contributed by atoms with Crippen molar-refractivity contribution in [2.75, 3.05) is 13.1 Å². The molecular weight excluding hydrogens is 333 g/mol. The van der Waals surface area contributed by atoms with Gasteiger partial charge in [-0.15, -0.1) is 0 Å². The summed E-state index contributed by atoms with van der Waals surface area (Å²) >= 11 is 6.07. The highest BCUT2D eigenvalue weighted by atomic mass is 35.5. The van der Waals surface area contributed by atoms with Crippen LogP contribution in [-0.4, -0.2) is 41.9 Å². The standard InChI is InChI=1S/C17H21ClFN3O2/c18-13-3-1-4-14(19)12(13)10-22-8-7-11(9-22)20-17(24)15-5-2-6-16(23)21-15/h1,3-4,11,15H,2,5-10H2,(H,20,24)(H,21,23)/t11-,15+/m0/s1. The van der Waals surface area contributed by atoms with Gasteiger partial charge in [0, 0.05) is 42.7 Å². The SMILES string of the molecule is O=C1CCC[C@H](C(=O)N[C@H]2CCN(Cc3c(F)cccc3Cl)C2)N1. The van der Waals surface area contributed by atoms with Crippen molar-refractivity contribution >= 4 is 23.4 Å². The predicted molar refractivity (Wildman–Crippen MR) is 89.0 cm³/mol. The second-order valence-electron chi connectivity index (χ2n) is 6.44. The Morgan fingerprint density at radius 2 is 2.25 bits per heavy atom. The molecule has 2 N–H and O–H groups in total. The first-order valence-corrected chi connectivity index (χ1v) is 8.65. The molecule has 2 aliphatic heterocycles. The summed E-state index contributed by atoms with van der Waals surface area (Å²) in [4.78, 5) is 25.7. The van der Waals surface area contributed by atoms with E-state index in [1.54, 1.807) is 12.1 Å². The zero-order chi connectivity index (χ0) is 17.1. The molecule has 5 nitrogen and oxygen atoms in total. The summed E-state index contributed by atoms with van der Waals surface area (Å²) in [6.07, 6.45) is 2.72. The summed E-state index contributed by atoms with van der Waals surface area (Å²) in [5.74, 6) is -0.498. The maximum absolute atomic E-state index is 13.9. The van der Waals surface area contributed by atoms with Crippen LogP contribution < -0.4 is 10.6 Å². The second-order valence-corrected chi connectivity index (χ2v) is 6.85. The third-order valence-electron chi connectivity index (χ3n) is 4.61. The molecule has 2 aliphatic rings. The zero-order valence-corrected chi connectivity index (χ0v) is 14.1. The molecule has 2 saturated heterocycles. The van der Waals surface area contributed by atoms with Gasteiger partial charge in [0.1, 0.15) is 11.9 Å². The molecule has 1 aromatic carbocycles. The van der Waals surface area contributed by atoms with Crippen molar-refractivity contribution in [3.63, 3.8) is 0 Å². The molecule has 2 atom stereocenters. The summed E-state index contributed by atoms with van der Waals surface area (Å²) in [6, 6.07) is 4.26. The van der Waals surface area contributed by atoms with Crippen LogP contribution in [0, 0.1) is 5.82 Å². The fourth-order valence-electron chi connectivity index (χ4n) is 3.30. The minimum absolute atomic E-state index is 0.0156. The minimum Gasteiger partial charge on any atom is -0.350 e. The Labute approximate surface area is 145 Å². The van der Waals surface area contributed by atoms with Crippen molar-refractivity contribution in [1.82, 2.24) is 15.5 Å². The molecule has 0 radical (unpaired) electrons. The molecule has 2 amide bonds. The number of carbonyl (C=O) groups excluding carboxylic acids is 2. The number of rotatable bonds is 4. The van der Waals surface area contributed by atoms with Crippen LogP contribution in [0.25, 0.3) is 0 Å². The van der Waals surface area contributed by atoms with Crippen molar-refractivity contribution in [2.45, 2.75) is 44.3 Å². The Balaban J connectivity index is 1.52. The van der Waals surface area contributed by atoms with E-state index in [1.807, 2.05) is 0 Å². The number of piperidine rings is 1. The van der Waals surface area contributed by atoms with E-state index < -0.39 is 6.04 Å². The molecule has 0 aliphatic carbocycles. The quantitative estimate of drug-likeness (QED) is 0.868. The van der Waals surface area contributed by atoms with Crippen molar-refractivity contribution in [2.24, 2.45) is 0 Å². The first-order chi connectivity index (χ1) is 11.5. The van der Waals surface area contributed by atoms with E-state index in [2.05, 4.69) is 15.5 Å². The molecule has 0 saturated carbocycles. The molecule has 1 aromatic rings. The van der Waals surface area contributed by atoms with Crippen LogP contribution in [0.5, 0.6) is 0 Å². The van der Waals surface area contributed by atoms with Gasteiger partial charge < -0.3 is 10.6 Å². The lowest BCUT2D eigenvalue weighted by atomic mass is 10.0. The molecule has 0 unspecified atom stereocenters. The van der Waals surface area contributed by atoms with Gasteiger partial charge in [0.15, 0.2) is 0 Å². The number of carbonyl (C=O) groups is 2. The lowest BCUT2D eigenvalue weighted by molar-refractivity contribution is -0.131. The summed E-state index contributed by atoms with van der Waals surface area (Å²) < 4.78 is 13.9. The molecule has 7 heteroatoms. The second kappa shape index (κ2) is 7.49. The molecule has 2 heterocycles. The fourth-order valence-corrected chi connectivity index (χ4v) is 3.53. The monoisotopic (exact) mass is 353 g/mol. The Kier molecular flexibility index (Phi) is 5.36. The highest BCUT2D eigenvalue weighted by Crippen LogP contribution is 2.23. The van der Waals surface area contributed by atoms with Crippen LogP contribution in [0.15, 0.2) is 18.2 Å². The summed E-state index contributed by atoms with van der Waals surface area (Å²) in [5.41, 5.74) is 0.491. The zero-order valence-electron chi connectivity index (χ0n) is 13.4. The molecule has 3 rings (SSSR count). The number of benzene rings is 1. The summed E-state index contributed by atoms with van der Waals surface area (Å²) in [5, 5.41) is 6.14. The molecule has 130 valence electrons. The van der Waals surface area contributed by atoms with Crippen LogP contribution in [-0.2, 0) is 16.1 Å². The van der Waals surface area contributed by atoms with Gasteiger partial charge in [-0.2, -0.15) is 0 Å².